The van der Waals surface area contributed by atoms with Gasteiger partial charge in [0.25, 0.3) is 0 Å². The summed E-state index contributed by atoms with van der Waals surface area (Å²) in [7, 11) is 0. The summed E-state index contributed by atoms with van der Waals surface area (Å²) in [6.07, 6.45) is 0.221. The zero-order valence-corrected chi connectivity index (χ0v) is 12.1. The fourth-order valence-electron chi connectivity index (χ4n) is 2.87. The van der Waals surface area contributed by atoms with E-state index in [0.717, 1.165) is 11.1 Å². The highest BCUT2D eigenvalue weighted by Crippen LogP contribution is 2.34. The lowest BCUT2D eigenvalue weighted by Gasteiger charge is -2.30. The van der Waals surface area contributed by atoms with Gasteiger partial charge in [-0.3, -0.25) is 4.79 Å². The van der Waals surface area contributed by atoms with Gasteiger partial charge in [0.05, 0.1) is 23.8 Å². The van der Waals surface area contributed by atoms with Crippen molar-refractivity contribution in [2.24, 2.45) is 5.29 Å². The van der Waals surface area contributed by atoms with Gasteiger partial charge in [-0.15, -0.1) is 4.91 Å². The molecule has 1 amide bonds. The summed E-state index contributed by atoms with van der Waals surface area (Å²) in [5.74, 6) is -0.0686. The summed E-state index contributed by atoms with van der Waals surface area (Å²) in [6.45, 7) is 0.373. The van der Waals surface area contributed by atoms with E-state index in [1.807, 2.05) is 60.7 Å². The van der Waals surface area contributed by atoms with Crippen LogP contribution in [0.1, 0.15) is 29.6 Å². The summed E-state index contributed by atoms with van der Waals surface area (Å²) in [5.41, 5.74) is 1.88. The quantitative estimate of drug-likeness (QED) is 0.885. The molecule has 1 aliphatic heterocycles. The SMILES string of the molecule is O=NN1C(c2ccccc2)CNC(=O)CC1c1ccccc1. The van der Waals surface area contributed by atoms with Crippen molar-refractivity contribution in [2.45, 2.75) is 18.5 Å². The van der Waals surface area contributed by atoms with Gasteiger partial charge in [-0.25, -0.2) is 5.01 Å². The molecule has 1 fully saturated rings. The summed E-state index contributed by atoms with van der Waals surface area (Å²) < 4.78 is 0. The van der Waals surface area contributed by atoms with Crippen LogP contribution >= 0.6 is 0 Å². The van der Waals surface area contributed by atoms with Crippen LogP contribution < -0.4 is 5.32 Å². The molecule has 22 heavy (non-hydrogen) atoms. The molecule has 5 heteroatoms. The lowest BCUT2D eigenvalue weighted by molar-refractivity contribution is -0.121. The van der Waals surface area contributed by atoms with Gasteiger partial charge in [0.15, 0.2) is 0 Å². The highest BCUT2D eigenvalue weighted by Gasteiger charge is 2.33. The Balaban J connectivity index is 2.00. The molecule has 1 N–H and O–H groups in total. The van der Waals surface area contributed by atoms with Crippen molar-refractivity contribution in [1.82, 2.24) is 10.3 Å². The lowest BCUT2D eigenvalue weighted by Crippen LogP contribution is -2.30. The van der Waals surface area contributed by atoms with E-state index in [2.05, 4.69) is 10.6 Å². The van der Waals surface area contributed by atoms with Crippen molar-refractivity contribution < 1.29 is 4.79 Å². The lowest BCUT2D eigenvalue weighted by atomic mass is 10.0. The van der Waals surface area contributed by atoms with Crippen LogP contribution in [0.4, 0.5) is 0 Å². The first-order chi connectivity index (χ1) is 10.8. The number of nitrogens with zero attached hydrogens (tertiary/aromatic N) is 2. The van der Waals surface area contributed by atoms with E-state index in [4.69, 9.17) is 0 Å². The number of rotatable bonds is 3. The van der Waals surface area contributed by atoms with Crippen LogP contribution in [0.2, 0.25) is 0 Å². The van der Waals surface area contributed by atoms with Crippen molar-refractivity contribution in [3.05, 3.63) is 76.7 Å². The monoisotopic (exact) mass is 295 g/mol. The van der Waals surface area contributed by atoms with Crippen molar-refractivity contribution in [3.8, 4) is 0 Å². The third-order valence-corrected chi connectivity index (χ3v) is 3.97. The normalized spacial score (nSPS) is 21.8. The minimum atomic E-state index is -0.355. The maximum absolute atomic E-state index is 12.0. The number of nitrogens with one attached hydrogen (secondary N) is 1. The van der Waals surface area contributed by atoms with Crippen LogP contribution in [0.25, 0.3) is 0 Å². The first-order valence-corrected chi connectivity index (χ1v) is 7.28. The Labute approximate surface area is 128 Å². The molecule has 1 saturated heterocycles. The fraction of sp³-hybridized carbons (Fsp3) is 0.235. The van der Waals surface area contributed by atoms with Crippen molar-refractivity contribution in [3.63, 3.8) is 0 Å². The minimum Gasteiger partial charge on any atom is -0.354 e. The maximum Gasteiger partial charge on any atom is 0.222 e. The molecule has 0 aliphatic carbocycles. The van der Waals surface area contributed by atoms with E-state index < -0.39 is 0 Å². The smallest absolute Gasteiger partial charge is 0.222 e. The third kappa shape index (κ3) is 2.83. The molecule has 0 spiro atoms. The van der Waals surface area contributed by atoms with Gasteiger partial charge in [-0.2, -0.15) is 0 Å². The van der Waals surface area contributed by atoms with E-state index in [0.29, 0.717) is 6.54 Å². The second-order valence-corrected chi connectivity index (χ2v) is 5.32. The number of hydrogen-bond donors (Lipinski definition) is 1. The first-order valence-electron chi connectivity index (χ1n) is 7.28. The highest BCUT2D eigenvalue weighted by molar-refractivity contribution is 5.77. The summed E-state index contributed by atoms with van der Waals surface area (Å²) >= 11 is 0. The predicted molar refractivity (Wildman–Crippen MR) is 83.6 cm³/mol. The van der Waals surface area contributed by atoms with Crippen LogP contribution in [0.3, 0.4) is 0 Å². The largest absolute Gasteiger partial charge is 0.354 e. The molecule has 3 rings (SSSR count). The Hall–Kier alpha value is -2.69. The Kier molecular flexibility index (Phi) is 4.14. The molecule has 0 aromatic heterocycles. The molecule has 1 aliphatic rings. The number of carbonyl (C=O) groups is 1. The molecular weight excluding hydrogens is 278 g/mol. The molecule has 0 radical (unpaired) electrons. The molecule has 112 valence electrons. The standard InChI is InChI=1S/C17H17N3O2/c21-17-11-15(13-7-3-1-4-8-13)20(19-22)16(12-18-17)14-9-5-2-6-10-14/h1-10,15-16H,11-12H2,(H,18,21). The third-order valence-electron chi connectivity index (χ3n) is 3.97. The van der Waals surface area contributed by atoms with Gasteiger partial charge in [0, 0.05) is 6.54 Å². The Morgan fingerprint density at radius 2 is 1.45 bits per heavy atom. The van der Waals surface area contributed by atoms with E-state index in [-0.39, 0.29) is 24.4 Å². The molecule has 2 atom stereocenters. The number of amides is 1. The van der Waals surface area contributed by atoms with E-state index in [9.17, 15) is 9.70 Å². The Bertz CT molecular complexity index is 645. The van der Waals surface area contributed by atoms with Crippen molar-refractivity contribution in [2.75, 3.05) is 6.54 Å². The fourth-order valence-corrected chi connectivity index (χ4v) is 2.87. The Morgan fingerprint density at radius 3 is 2.00 bits per heavy atom. The van der Waals surface area contributed by atoms with Crippen LogP contribution in [-0.2, 0) is 4.79 Å². The number of nitroso groups, excluding NO2 is 1. The van der Waals surface area contributed by atoms with Gasteiger partial charge in [0.1, 0.15) is 0 Å². The van der Waals surface area contributed by atoms with Crippen molar-refractivity contribution >= 4 is 5.91 Å². The molecule has 2 aromatic rings. The van der Waals surface area contributed by atoms with Gasteiger partial charge in [-0.1, -0.05) is 60.7 Å². The van der Waals surface area contributed by atoms with Crippen LogP contribution in [0.15, 0.2) is 65.9 Å². The summed E-state index contributed by atoms with van der Waals surface area (Å²) in [6, 6.07) is 18.6. The van der Waals surface area contributed by atoms with Gasteiger partial charge in [-0.05, 0) is 11.1 Å². The number of hydrogen-bond acceptors (Lipinski definition) is 3. The zero-order chi connectivity index (χ0) is 15.4. The molecule has 5 nitrogen and oxygen atoms in total. The van der Waals surface area contributed by atoms with Gasteiger partial charge in [0.2, 0.25) is 5.91 Å². The second kappa shape index (κ2) is 6.39. The summed E-state index contributed by atoms with van der Waals surface area (Å²) in [5, 5.41) is 7.63. The van der Waals surface area contributed by atoms with E-state index >= 15 is 0 Å². The van der Waals surface area contributed by atoms with Crippen LogP contribution in [0, 0.1) is 4.91 Å². The predicted octanol–water partition coefficient (Wildman–Crippen LogP) is 2.97. The molecule has 1 heterocycles. The Morgan fingerprint density at radius 1 is 0.909 bits per heavy atom. The first kappa shape index (κ1) is 14.3. The van der Waals surface area contributed by atoms with Crippen LogP contribution in [0.5, 0.6) is 0 Å². The average molecular weight is 295 g/mol. The molecule has 0 bridgehead atoms. The highest BCUT2D eigenvalue weighted by atomic mass is 16.3. The van der Waals surface area contributed by atoms with Gasteiger partial charge < -0.3 is 5.32 Å². The summed E-state index contributed by atoms with van der Waals surface area (Å²) in [4.78, 5) is 23.5. The zero-order valence-electron chi connectivity index (χ0n) is 12.1. The van der Waals surface area contributed by atoms with E-state index in [1.54, 1.807) is 0 Å². The van der Waals surface area contributed by atoms with Crippen molar-refractivity contribution in [1.29, 1.82) is 0 Å². The van der Waals surface area contributed by atoms with Crippen LogP contribution in [-0.4, -0.2) is 17.5 Å². The minimum absolute atomic E-state index is 0.0686. The molecular formula is C17H17N3O2. The topological polar surface area (TPSA) is 61.8 Å². The molecule has 0 saturated carbocycles. The number of benzene rings is 2. The van der Waals surface area contributed by atoms with E-state index in [1.165, 1.54) is 5.01 Å². The molecule has 2 aromatic carbocycles. The van der Waals surface area contributed by atoms with Gasteiger partial charge >= 0.3 is 0 Å². The average Bonchev–Trinajstić information content (AvgIpc) is 2.75. The second-order valence-electron chi connectivity index (χ2n) is 5.32. The maximum atomic E-state index is 12.0. The number of carbonyl (C=O) groups excluding carboxylic acids is 1. The molecule has 2 unspecified atom stereocenters.